The summed E-state index contributed by atoms with van der Waals surface area (Å²) in [6.45, 7) is 1.67. The predicted molar refractivity (Wildman–Crippen MR) is 48.8 cm³/mol. The summed E-state index contributed by atoms with van der Waals surface area (Å²) in [5, 5.41) is 19.5. The van der Waals surface area contributed by atoms with E-state index in [0.717, 1.165) is 0 Å². The fourth-order valence-electron chi connectivity index (χ4n) is 0.428. The van der Waals surface area contributed by atoms with Crippen LogP contribution in [0.2, 0.25) is 0 Å². The Hall–Kier alpha value is -1.06. The Morgan fingerprint density at radius 3 is 1.83 bits per heavy atom. The zero-order valence-electron chi connectivity index (χ0n) is 7.36. The van der Waals surface area contributed by atoms with Gasteiger partial charge >= 0.3 is 0 Å². The number of aromatic hydroxyl groups is 1. The van der Waals surface area contributed by atoms with E-state index in [4.69, 9.17) is 10.2 Å². The van der Waals surface area contributed by atoms with E-state index in [2.05, 4.69) is 5.32 Å². The normalized spacial score (nSPS) is 11.2. The molecule has 1 unspecified atom stereocenters. The third-order valence-corrected chi connectivity index (χ3v) is 1.17. The van der Waals surface area contributed by atoms with Crippen LogP contribution in [-0.4, -0.2) is 23.5 Å². The SMILES string of the molecule is CNC(C)O.Oc1ccccc1. The first kappa shape index (κ1) is 10.9. The molecule has 0 aromatic heterocycles. The number of nitrogens with one attached hydrogen (secondary N) is 1. The van der Waals surface area contributed by atoms with Crippen LogP contribution >= 0.6 is 0 Å². The number of rotatable bonds is 1. The van der Waals surface area contributed by atoms with E-state index in [9.17, 15) is 0 Å². The van der Waals surface area contributed by atoms with Crippen LogP contribution in [0, 0.1) is 0 Å². The monoisotopic (exact) mass is 169 g/mol. The zero-order valence-corrected chi connectivity index (χ0v) is 7.36. The third-order valence-electron chi connectivity index (χ3n) is 1.17. The smallest absolute Gasteiger partial charge is 0.115 e. The van der Waals surface area contributed by atoms with Crippen molar-refractivity contribution < 1.29 is 10.2 Å². The van der Waals surface area contributed by atoms with E-state index in [1.807, 2.05) is 6.07 Å². The highest BCUT2D eigenvalue weighted by Crippen LogP contribution is 2.02. The number of phenols is 1. The first-order chi connectivity index (χ1) is 5.66. The van der Waals surface area contributed by atoms with Crippen LogP contribution in [0.1, 0.15) is 6.92 Å². The number of aliphatic hydroxyl groups is 1. The first-order valence-electron chi connectivity index (χ1n) is 3.76. The Kier molecular flexibility index (Phi) is 6.05. The van der Waals surface area contributed by atoms with Gasteiger partial charge in [-0.15, -0.1) is 0 Å². The molecular weight excluding hydrogens is 154 g/mol. The topological polar surface area (TPSA) is 52.5 Å². The summed E-state index contributed by atoms with van der Waals surface area (Å²) in [4.78, 5) is 0. The molecule has 68 valence electrons. The van der Waals surface area contributed by atoms with E-state index in [0.29, 0.717) is 5.75 Å². The van der Waals surface area contributed by atoms with Crippen molar-refractivity contribution in [2.24, 2.45) is 0 Å². The fourth-order valence-corrected chi connectivity index (χ4v) is 0.428. The molecule has 0 saturated carbocycles. The zero-order chi connectivity index (χ0) is 9.40. The number of aliphatic hydroxyl groups excluding tert-OH is 1. The fraction of sp³-hybridized carbons (Fsp3) is 0.333. The molecule has 0 heterocycles. The summed E-state index contributed by atoms with van der Waals surface area (Å²) in [6.07, 6.45) is -0.366. The Morgan fingerprint density at radius 1 is 1.25 bits per heavy atom. The molecule has 1 aromatic carbocycles. The minimum absolute atomic E-state index is 0.322. The number of benzene rings is 1. The lowest BCUT2D eigenvalue weighted by molar-refractivity contribution is 0.167. The van der Waals surface area contributed by atoms with Crippen LogP contribution in [0.5, 0.6) is 5.75 Å². The Labute approximate surface area is 72.7 Å². The van der Waals surface area contributed by atoms with Gasteiger partial charge in [-0.3, -0.25) is 5.32 Å². The van der Waals surface area contributed by atoms with Crippen molar-refractivity contribution in [3.8, 4) is 5.75 Å². The average molecular weight is 169 g/mol. The van der Waals surface area contributed by atoms with Crippen molar-refractivity contribution in [2.45, 2.75) is 13.2 Å². The van der Waals surface area contributed by atoms with Gasteiger partial charge in [-0.2, -0.15) is 0 Å². The van der Waals surface area contributed by atoms with Crippen LogP contribution < -0.4 is 5.32 Å². The minimum atomic E-state index is -0.366. The van der Waals surface area contributed by atoms with E-state index in [1.54, 1.807) is 38.2 Å². The van der Waals surface area contributed by atoms with Gasteiger partial charge < -0.3 is 10.2 Å². The van der Waals surface area contributed by atoms with Gasteiger partial charge in [0.25, 0.3) is 0 Å². The molecule has 0 saturated heterocycles. The number of hydrogen-bond donors (Lipinski definition) is 3. The summed E-state index contributed by atoms with van der Waals surface area (Å²) in [6, 6.07) is 8.71. The molecule has 3 nitrogen and oxygen atoms in total. The maximum atomic E-state index is 8.63. The Balaban J connectivity index is 0.000000217. The standard InChI is InChI=1S/C6H6O.C3H9NO/c7-6-4-2-1-3-5-6;1-3(5)4-2/h1-5,7H;3-5H,1-2H3. The summed E-state index contributed by atoms with van der Waals surface area (Å²) >= 11 is 0. The summed E-state index contributed by atoms with van der Waals surface area (Å²) < 4.78 is 0. The minimum Gasteiger partial charge on any atom is -0.508 e. The van der Waals surface area contributed by atoms with E-state index >= 15 is 0 Å². The third kappa shape index (κ3) is 7.05. The van der Waals surface area contributed by atoms with Crippen LogP contribution in [0.3, 0.4) is 0 Å². The van der Waals surface area contributed by atoms with Gasteiger partial charge in [0.15, 0.2) is 0 Å². The number of phenolic OH excluding ortho intramolecular Hbond substituents is 1. The summed E-state index contributed by atoms with van der Waals surface area (Å²) in [5.41, 5.74) is 0. The number of para-hydroxylation sites is 1. The second-order valence-corrected chi connectivity index (χ2v) is 2.30. The van der Waals surface area contributed by atoms with E-state index in [1.165, 1.54) is 0 Å². The highest BCUT2D eigenvalue weighted by Gasteiger charge is 1.78. The molecule has 0 bridgehead atoms. The van der Waals surface area contributed by atoms with Crippen molar-refractivity contribution in [1.82, 2.24) is 5.32 Å². The van der Waals surface area contributed by atoms with Crippen LogP contribution in [0.4, 0.5) is 0 Å². The second-order valence-electron chi connectivity index (χ2n) is 2.30. The highest BCUT2D eigenvalue weighted by atomic mass is 16.3. The molecule has 0 amide bonds. The van der Waals surface area contributed by atoms with Crippen molar-refractivity contribution >= 4 is 0 Å². The molecule has 1 atom stereocenters. The molecule has 1 rings (SSSR count). The van der Waals surface area contributed by atoms with Crippen LogP contribution in [-0.2, 0) is 0 Å². The van der Waals surface area contributed by atoms with Crippen molar-refractivity contribution in [1.29, 1.82) is 0 Å². The number of hydrogen-bond acceptors (Lipinski definition) is 3. The molecule has 0 aliphatic rings. The van der Waals surface area contributed by atoms with Gasteiger partial charge in [0.05, 0.1) is 0 Å². The highest BCUT2D eigenvalue weighted by molar-refractivity contribution is 5.18. The first-order valence-corrected chi connectivity index (χ1v) is 3.76. The molecule has 12 heavy (non-hydrogen) atoms. The van der Waals surface area contributed by atoms with Gasteiger partial charge in [0, 0.05) is 0 Å². The average Bonchev–Trinajstić information content (AvgIpc) is 2.07. The van der Waals surface area contributed by atoms with Gasteiger partial charge in [0.1, 0.15) is 12.0 Å². The molecule has 0 aliphatic heterocycles. The largest absolute Gasteiger partial charge is 0.508 e. The lowest BCUT2D eigenvalue weighted by Gasteiger charge is -1.94. The molecule has 3 N–H and O–H groups in total. The van der Waals surface area contributed by atoms with E-state index < -0.39 is 0 Å². The lowest BCUT2D eigenvalue weighted by Crippen LogP contribution is -2.19. The molecular formula is C9H15NO2. The maximum absolute atomic E-state index is 8.63. The van der Waals surface area contributed by atoms with E-state index in [-0.39, 0.29) is 6.23 Å². The van der Waals surface area contributed by atoms with Crippen LogP contribution in [0.25, 0.3) is 0 Å². The molecule has 0 radical (unpaired) electrons. The van der Waals surface area contributed by atoms with Gasteiger partial charge in [0.2, 0.25) is 0 Å². The second kappa shape index (κ2) is 6.64. The quantitative estimate of drug-likeness (QED) is 0.548. The van der Waals surface area contributed by atoms with Crippen molar-refractivity contribution in [3.63, 3.8) is 0 Å². The van der Waals surface area contributed by atoms with Gasteiger partial charge in [-0.1, -0.05) is 18.2 Å². The van der Waals surface area contributed by atoms with Crippen molar-refractivity contribution in [2.75, 3.05) is 7.05 Å². The van der Waals surface area contributed by atoms with Crippen molar-refractivity contribution in [3.05, 3.63) is 30.3 Å². The Morgan fingerprint density at radius 2 is 1.67 bits per heavy atom. The summed E-state index contributed by atoms with van der Waals surface area (Å²) in [7, 11) is 1.70. The van der Waals surface area contributed by atoms with Gasteiger partial charge in [-0.25, -0.2) is 0 Å². The molecule has 0 spiro atoms. The maximum Gasteiger partial charge on any atom is 0.115 e. The predicted octanol–water partition coefficient (Wildman–Crippen LogP) is 0.936. The lowest BCUT2D eigenvalue weighted by atomic mass is 10.3. The van der Waals surface area contributed by atoms with Gasteiger partial charge in [-0.05, 0) is 26.1 Å². The van der Waals surface area contributed by atoms with Crippen LogP contribution in [0.15, 0.2) is 30.3 Å². The summed E-state index contributed by atoms with van der Waals surface area (Å²) in [5.74, 6) is 0.322. The molecule has 1 aromatic rings. The molecule has 3 heteroatoms. The molecule has 0 fully saturated rings. The molecule has 0 aliphatic carbocycles. The Bertz CT molecular complexity index is 187.